The molecule has 28 heavy (non-hydrogen) atoms. The van der Waals surface area contributed by atoms with Crippen molar-refractivity contribution >= 4 is 17.3 Å². The summed E-state index contributed by atoms with van der Waals surface area (Å²) in [5, 5.41) is 10.8. The number of hydrogen-bond acceptors (Lipinski definition) is 4. The summed E-state index contributed by atoms with van der Waals surface area (Å²) in [6.45, 7) is 0. The van der Waals surface area contributed by atoms with Gasteiger partial charge in [0.15, 0.2) is 0 Å². The number of carbonyl (C=O) groups is 1. The number of pyridine rings is 1. The number of benzene rings is 2. The van der Waals surface area contributed by atoms with Crippen molar-refractivity contribution in [3.05, 3.63) is 96.4 Å². The molecule has 1 amide bonds. The highest BCUT2D eigenvalue weighted by molar-refractivity contribution is 6.12. The lowest BCUT2D eigenvalue weighted by Gasteiger charge is -2.38. The molecule has 1 unspecified atom stereocenters. The van der Waals surface area contributed by atoms with Crippen molar-refractivity contribution in [1.82, 2.24) is 15.2 Å². The smallest absolute Gasteiger partial charge is 0.262 e. The van der Waals surface area contributed by atoms with Crippen LogP contribution in [0.5, 0.6) is 0 Å². The minimum Gasteiger partial charge on any atom is -0.360 e. The first-order valence-corrected chi connectivity index (χ1v) is 9.01. The highest BCUT2D eigenvalue weighted by Crippen LogP contribution is 2.38. The van der Waals surface area contributed by atoms with Crippen molar-refractivity contribution in [3.8, 4) is 11.3 Å². The lowest BCUT2D eigenvalue weighted by Crippen LogP contribution is -2.43. The predicted molar refractivity (Wildman–Crippen MR) is 108 cm³/mol. The number of H-pyrrole nitrogens is 1. The number of fused-ring (bicyclic) bond motifs is 1. The van der Waals surface area contributed by atoms with Crippen molar-refractivity contribution in [3.63, 3.8) is 0 Å². The second-order valence-corrected chi connectivity index (χ2v) is 6.55. The largest absolute Gasteiger partial charge is 0.360 e. The number of para-hydroxylation sites is 2. The van der Waals surface area contributed by atoms with Crippen LogP contribution in [0.2, 0.25) is 0 Å². The summed E-state index contributed by atoms with van der Waals surface area (Å²) < 4.78 is 0. The molecule has 0 radical (unpaired) electrons. The van der Waals surface area contributed by atoms with Crippen molar-refractivity contribution in [2.24, 2.45) is 0 Å². The van der Waals surface area contributed by atoms with Crippen molar-refractivity contribution < 1.29 is 4.79 Å². The van der Waals surface area contributed by atoms with Gasteiger partial charge in [0, 0.05) is 34.9 Å². The Morgan fingerprint density at radius 3 is 2.54 bits per heavy atom. The fourth-order valence-corrected chi connectivity index (χ4v) is 3.57. The van der Waals surface area contributed by atoms with Crippen LogP contribution in [0.4, 0.5) is 11.4 Å². The topological polar surface area (TPSA) is 73.9 Å². The first kappa shape index (κ1) is 16.3. The molecule has 0 saturated heterocycles. The van der Waals surface area contributed by atoms with Gasteiger partial charge in [0.2, 0.25) is 0 Å². The number of rotatable bonds is 3. The summed E-state index contributed by atoms with van der Waals surface area (Å²) in [7, 11) is 0. The third-order valence-electron chi connectivity index (χ3n) is 4.87. The maximum atomic E-state index is 13.4. The third kappa shape index (κ3) is 2.63. The standard InChI is InChI=1S/C22H17N5O/c28-22-17-10-4-5-11-19(17)25-21(27(22)16-8-2-1-3-9-16)18-14-24-26-20(18)15-7-6-12-23-13-15/h1-14,21,25H,(H,24,26). The number of anilines is 2. The van der Waals surface area contributed by atoms with E-state index in [2.05, 4.69) is 20.5 Å². The van der Waals surface area contributed by atoms with Crippen LogP contribution in [-0.2, 0) is 0 Å². The summed E-state index contributed by atoms with van der Waals surface area (Å²) in [6, 6.07) is 21.1. The van der Waals surface area contributed by atoms with Crippen LogP contribution in [-0.4, -0.2) is 21.1 Å². The van der Waals surface area contributed by atoms with Crippen LogP contribution in [0.25, 0.3) is 11.3 Å². The molecule has 4 aromatic rings. The molecule has 1 aliphatic heterocycles. The van der Waals surface area contributed by atoms with Gasteiger partial charge in [-0.2, -0.15) is 5.10 Å². The van der Waals surface area contributed by atoms with E-state index in [4.69, 9.17) is 0 Å². The highest BCUT2D eigenvalue weighted by Gasteiger charge is 2.35. The molecule has 0 spiro atoms. The lowest BCUT2D eigenvalue weighted by atomic mass is 10.0. The summed E-state index contributed by atoms with van der Waals surface area (Å²) in [5.41, 5.74) is 4.89. The van der Waals surface area contributed by atoms with Crippen LogP contribution in [0.1, 0.15) is 22.1 Å². The van der Waals surface area contributed by atoms with Crippen molar-refractivity contribution in [2.45, 2.75) is 6.17 Å². The molecule has 1 aliphatic rings. The quantitative estimate of drug-likeness (QED) is 0.568. The molecule has 0 bridgehead atoms. The maximum Gasteiger partial charge on any atom is 0.262 e. The number of nitrogens with zero attached hydrogens (tertiary/aromatic N) is 3. The summed E-state index contributed by atoms with van der Waals surface area (Å²) in [6.07, 6.45) is 4.87. The highest BCUT2D eigenvalue weighted by atomic mass is 16.2. The Balaban J connectivity index is 1.68. The molecular formula is C22H17N5O. The number of amides is 1. The molecule has 1 atom stereocenters. The van der Waals surface area contributed by atoms with Crippen molar-refractivity contribution in [1.29, 1.82) is 0 Å². The van der Waals surface area contributed by atoms with Crippen LogP contribution >= 0.6 is 0 Å². The molecule has 136 valence electrons. The van der Waals surface area contributed by atoms with E-state index in [9.17, 15) is 4.79 Å². The first-order chi connectivity index (χ1) is 13.8. The molecule has 6 nitrogen and oxygen atoms in total. The summed E-state index contributed by atoms with van der Waals surface area (Å²) in [5.74, 6) is -0.0520. The minimum atomic E-state index is -0.404. The Bertz CT molecular complexity index is 1120. The van der Waals surface area contributed by atoms with Crippen LogP contribution < -0.4 is 10.2 Å². The van der Waals surface area contributed by atoms with E-state index in [0.717, 1.165) is 28.2 Å². The number of aromatic nitrogens is 3. The van der Waals surface area contributed by atoms with E-state index in [0.29, 0.717) is 5.56 Å². The van der Waals surface area contributed by atoms with E-state index in [1.807, 2.05) is 66.7 Å². The maximum absolute atomic E-state index is 13.4. The minimum absolute atomic E-state index is 0.0520. The summed E-state index contributed by atoms with van der Waals surface area (Å²) in [4.78, 5) is 19.4. The van der Waals surface area contributed by atoms with Gasteiger partial charge in [0.1, 0.15) is 6.17 Å². The van der Waals surface area contributed by atoms with Gasteiger partial charge in [-0.3, -0.25) is 19.8 Å². The fourth-order valence-electron chi connectivity index (χ4n) is 3.57. The second-order valence-electron chi connectivity index (χ2n) is 6.55. The zero-order valence-corrected chi connectivity index (χ0v) is 14.9. The van der Waals surface area contributed by atoms with Gasteiger partial charge in [-0.15, -0.1) is 0 Å². The van der Waals surface area contributed by atoms with E-state index < -0.39 is 6.17 Å². The zero-order chi connectivity index (χ0) is 18.9. The molecule has 0 saturated carbocycles. The number of hydrogen-bond donors (Lipinski definition) is 2. The average Bonchev–Trinajstić information content (AvgIpc) is 3.25. The van der Waals surface area contributed by atoms with Crippen molar-refractivity contribution in [2.75, 3.05) is 10.2 Å². The SMILES string of the molecule is O=C1c2ccccc2NC(c2cn[nH]c2-c2cccnc2)N1c1ccccc1. The number of aromatic amines is 1. The molecule has 0 fully saturated rings. The Labute approximate surface area is 161 Å². The molecule has 5 rings (SSSR count). The van der Waals surface area contributed by atoms with Gasteiger partial charge < -0.3 is 5.32 Å². The molecule has 2 aromatic heterocycles. The third-order valence-corrected chi connectivity index (χ3v) is 4.87. The van der Waals surface area contributed by atoms with Gasteiger partial charge in [0.05, 0.1) is 17.5 Å². The van der Waals surface area contributed by atoms with Gasteiger partial charge in [-0.25, -0.2) is 0 Å². The van der Waals surface area contributed by atoms with Crippen LogP contribution in [0.3, 0.4) is 0 Å². The lowest BCUT2D eigenvalue weighted by molar-refractivity contribution is 0.0975. The van der Waals surface area contributed by atoms with Gasteiger partial charge in [-0.05, 0) is 36.4 Å². The monoisotopic (exact) mass is 367 g/mol. The van der Waals surface area contributed by atoms with Gasteiger partial charge in [0.25, 0.3) is 5.91 Å². The van der Waals surface area contributed by atoms with Crippen LogP contribution in [0.15, 0.2) is 85.3 Å². The number of carbonyl (C=O) groups excluding carboxylic acids is 1. The molecule has 2 N–H and O–H groups in total. The van der Waals surface area contributed by atoms with Crippen LogP contribution in [0, 0.1) is 0 Å². The molecule has 3 heterocycles. The van der Waals surface area contributed by atoms with E-state index in [1.54, 1.807) is 23.5 Å². The normalized spacial score (nSPS) is 15.8. The van der Waals surface area contributed by atoms with Gasteiger partial charge >= 0.3 is 0 Å². The second kappa shape index (κ2) is 6.66. The molecule has 0 aliphatic carbocycles. The summed E-state index contributed by atoms with van der Waals surface area (Å²) >= 11 is 0. The Hall–Kier alpha value is -3.93. The Kier molecular flexibility index (Phi) is 3.87. The first-order valence-electron chi connectivity index (χ1n) is 9.01. The number of nitrogens with one attached hydrogen (secondary N) is 2. The zero-order valence-electron chi connectivity index (χ0n) is 14.9. The Morgan fingerprint density at radius 1 is 0.893 bits per heavy atom. The Morgan fingerprint density at radius 2 is 1.71 bits per heavy atom. The van der Waals surface area contributed by atoms with E-state index >= 15 is 0 Å². The average molecular weight is 367 g/mol. The molecule has 2 aromatic carbocycles. The van der Waals surface area contributed by atoms with E-state index in [1.165, 1.54) is 0 Å². The van der Waals surface area contributed by atoms with Gasteiger partial charge in [-0.1, -0.05) is 30.3 Å². The molecular weight excluding hydrogens is 350 g/mol. The fraction of sp³-hybridized carbons (Fsp3) is 0.0455. The van der Waals surface area contributed by atoms with E-state index in [-0.39, 0.29) is 5.91 Å². The predicted octanol–water partition coefficient (Wildman–Crippen LogP) is 4.24. The molecule has 6 heteroatoms.